The summed E-state index contributed by atoms with van der Waals surface area (Å²) in [5, 5.41) is 8.92. The van der Waals surface area contributed by atoms with Gasteiger partial charge in [0.05, 0.1) is 34.8 Å². The zero-order valence-corrected chi connectivity index (χ0v) is 18.8. The Morgan fingerprint density at radius 2 is 2.03 bits per heavy atom. The highest BCUT2D eigenvalue weighted by molar-refractivity contribution is 7.22. The predicted molar refractivity (Wildman–Crippen MR) is 122 cm³/mol. The van der Waals surface area contributed by atoms with Crippen LogP contribution < -0.4 is 25.7 Å². The standard InChI is InChI=1S/C21H21F3N6O3S/c1-29-16-5-2-12(18(31)28-30-6-8-32-9-7-30)10-15(16)25-19(29)27-20-26-14-4-3-13(11-17(14)34-20)33-21(22,23)24/h2-5,10-11,19,25H,6-9H2,1H3,(H,26,27)(H,28,31). The molecule has 13 heteroatoms. The highest BCUT2D eigenvalue weighted by Crippen LogP contribution is 2.36. The first kappa shape index (κ1) is 22.5. The maximum atomic E-state index is 12.6. The summed E-state index contributed by atoms with van der Waals surface area (Å²) in [4.78, 5) is 19.0. The number of carbonyl (C=O) groups excluding carboxylic acids is 1. The van der Waals surface area contributed by atoms with Crippen molar-refractivity contribution in [2.45, 2.75) is 12.7 Å². The summed E-state index contributed by atoms with van der Waals surface area (Å²) < 4.78 is 47.3. The number of aromatic nitrogens is 1. The van der Waals surface area contributed by atoms with Crippen molar-refractivity contribution in [2.75, 3.05) is 48.9 Å². The first-order valence-electron chi connectivity index (χ1n) is 10.5. The van der Waals surface area contributed by atoms with Gasteiger partial charge in [-0.1, -0.05) is 11.3 Å². The number of benzene rings is 2. The van der Waals surface area contributed by atoms with Gasteiger partial charge in [0.2, 0.25) is 0 Å². The van der Waals surface area contributed by atoms with Crippen molar-refractivity contribution in [1.29, 1.82) is 0 Å². The summed E-state index contributed by atoms with van der Waals surface area (Å²) in [6, 6.07) is 9.43. The lowest BCUT2D eigenvalue weighted by atomic mass is 10.1. The van der Waals surface area contributed by atoms with Crippen LogP contribution in [0.5, 0.6) is 5.75 Å². The molecule has 3 heterocycles. The van der Waals surface area contributed by atoms with Crippen molar-refractivity contribution in [3.05, 3.63) is 42.0 Å². The van der Waals surface area contributed by atoms with E-state index in [0.717, 1.165) is 11.4 Å². The topological polar surface area (TPSA) is 91.0 Å². The van der Waals surface area contributed by atoms with E-state index >= 15 is 0 Å². The van der Waals surface area contributed by atoms with Crippen LogP contribution in [0.3, 0.4) is 0 Å². The molecule has 1 atom stereocenters. The first-order valence-corrected chi connectivity index (χ1v) is 11.3. The Bertz CT molecular complexity index is 1210. The smallest absolute Gasteiger partial charge is 0.406 e. The van der Waals surface area contributed by atoms with Crippen molar-refractivity contribution in [1.82, 2.24) is 15.4 Å². The molecule has 1 amide bonds. The number of hydrogen-bond acceptors (Lipinski definition) is 9. The van der Waals surface area contributed by atoms with E-state index in [9.17, 15) is 18.0 Å². The largest absolute Gasteiger partial charge is 0.573 e. The maximum absolute atomic E-state index is 12.6. The van der Waals surface area contributed by atoms with Crippen molar-refractivity contribution >= 4 is 44.0 Å². The first-order chi connectivity index (χ1) is 16.2. The molecule has 0 bridgehead atoms. The molecule has 1 unspecified atom stereocenters. The number of carbonyl (C=O) groups is 1. The second kappa shape index (κ2) is 8.81. The van der Waals surface area contributed by atoms with E-state index < -0.39 is 6.36 Å². The maximum Gasteiger partial charge on any atom is 0.573 e. The third-order valence-electron chi connectivity index (χ3n) is 5.44. The summed E-state index contributed by atoms with van der Waals surface area (Å²) in [5.41, 5.74) is 5.63. The fourth-order valence-electron chi connectivity index (χ4n) is 3.78. The van der Waals surface area contributed by atoms with Gasteiger partial charge in [-0.15, -0.1) is 13.2 Å². The van der Waals surface area contributed by atoms with Gasteiger partial charge in [-0.05, 0) is 30.3 Å². The Balaban J connectivity index is 1.27. The summed E-state index contributed by atoms with van der Waals surface area (Å²) in [6.45, 7) is 2.42. The quantitative estimate of drug-likeness (QED) is 0.497. The highest BCUT2D eigenvalue weighted by Gasteiger charge is 2.31. The van der Waals surface area contributed by atoms with E-state index in [1.54, 1.807) is 12.1 Å². The van der Waals surface area contributed by atoms with Crippen molar-refractivity contribution < 1.29 is 27.4 Å². The van der Waals surface area contributed by atoms with Gasteiger partial charge >= 0.3 is 6.36 Å². The fraction of sp³-hybridized carbons (Fsp3) is 0.333. The lowest BCUT2D eigenvalue weighted by Crippen LogP contribution is -2.48. The Labute approximate surface area is 196 Å². The van der Waals surface area contributed by atoms with Crippen molar-refractivity contribution in [3.8, 4) is 5.75 Å². The summed E-state index contributed by atoms with van der Waals surface area (Å²) in [7, 11) is 1.88. The highest BCUT2D eigenvalue weighted by atomic mass is 32.1. The van der Waals surface area contributed by atoms with Gasteiger partial charge in [-0.2, -0.15) is 0 Å². The van der Waals surface area contributed by atoms with E-state index in [1.165, 1.54) is 29.5 Å². The van der Waals surface area contributed by atoms with Crippen LogP contribution in [0.25, 0.3) is 10.2 Å². The second-order valence-electron chi connectivity index (χ2n) is 7.77. The van der Waals surface area contributed by atoms with E-state index in [4.69, 9.17) is 4.74 Å². The SMILES string of the molecule is CN1c2ccc(C(=O)NN3CCOCC3)cc2NC1Nc1nc2ccc(OC(F)(F)F)cc2s1. The predicted octanol–water partition coefficient (Wildman–Crippen LogP) is 3.43. The lowest BCUT2D eigenvalue weighted by Gasteiger charge is -2.27. The van der Waals surface area contributed by atoms with Crippen LogP contribution in [0.4, 0.5) is 29.7 Å². The Morgan fingerprint density at radius 1 is 1.24 bits per heavy atom. The number of morpholine rings is 1. The summed E-state index contributed by atoms with van der Waals surface area (Å²) in [6.07, 6.45) is -5.11. The molecule has 0 radical (unpaired) electrons. The number of ether oxygens (including phenoxy) is 2. The summed E-state index contributed by atoms with van der Waals surface area (Å²) >= 11 is 1.22. The van der Waals surface area contributed by atoms with Gasteiger partial charge in [-0.25, -0.2) is 9.99 Å². The molecule has 9 nitrogen and oxygen atoms in total. The molecule has 0 saturated carbocycles. The van der Waals surface area contributed by atoms with Crippen molar-refractivity contribution in [3.63, 3.8) is 0 Å². The Hall–Kier alpha value is -3.29. The number of hydrogen-bond donors (Lipinski definition) is 3. The normalized spacial score (nSPS) is 18.5. The molecule has 3 N–H and O–H groups in total. The molecule has 2 aliphatic rings. The molecule has 180 valence electrons. The second-order valence-corrected chi connectivity index (χ2v) is 8.80. The van der Waals surface area contributed by atoms with Gasteiger partial charge in [-0.3, -0.25) is 10.2 Å². The zero-order valence-electron chi connectivity index (χ0n) is 18.0. The van der Waals surface area contributed by atoms with Crippen LogP contribution in [0.1, 0.15) is 10.4 Å². The Morgan fingerprint density at radius 3 is 2.79 bits per heavy atom. The fourth-order valence-corrected chi connectivity index (χ4v) is 4.70. The molecule has 1 saturated heterocycles. The molecule has 1 aromatic heterocycles. The molecular weight excluding hydrogens is 473 g/mol. The molecule has 5 rings (SSSR count). The number of thiazole rings is 1. The van der Waals surface area contributed by atoms with Gasteiger partial charge in [0.15, 0.2) is 11.4 Å². The molecule has 2 aromatic carbocycles. The van der Waals surface area contributed by atoms with E-state index in [-0.39, 0.29) is 17.9 Å². The number of rotatable bonds is 5. The van der Waals surface area contributed by atoms with Gasteiger partial charge < -0.3 is 25.0 Å². The van der Waals surface area contributed by atoms with Crippen LogP contribution in [0, 0.1) is 0 Å². The average Bonchev–Trinajstić information content (AvgIpc) is 3.33. The minimum Gasteiger partial charge on any atom is -0.406 e. The number of fused-ring (bicyclic) bond motifs is 2. The van der Waals surface area contributed by atoms with Crippen LogP contribution in [-0.2, 0) is 4.74 Å². The monoisotopic (exact) mass is 494 g/mol. The van der Waals surface area contributed by atoms with Crippen LogP contribution in [-0.4, -0.2) is 61.9 Å². The molecule has 1 fully saturated rings. The number of halogens is 3. The van der Waals surface area contributed by atoms with Gasteiger partial charge in [0.25, 0.3) is 5.91 Å². The number of nitrogens with zero attached hydrogens (tertiary/aromatic N) is 3. The summed E-state index contributed by atoms with van der Waals surface area (Å²) in [5.74, 6) is -0.491. The van der Waals surface area contributed by atoms with Crippen LogP contribution >= 0.6 is 11.3 Å². The van der Waals surface area contributed by atoms with Gasteiger partial charge in [0, 0.05) is 31.8 Å². The number of nitrogens with one attached hydrogen (secondary N) is 3. The average molecular weight is 494 g/mol. The zero-order chi connectivity index (χ0) is 23.9. The molecule has 3 aromatic rings. The lowest BCUT2D eigenvalue weighted by molar-refractivity contribution is -0.274. The third-order valence-corrected chi connectivity index (χ3v) is 6.39. The van der Waals surface area contributed by atoms with E-state index in [2.05, 4.69) is 25.8 Å². The number of anilines is 3. The number of hydrazine groups is 1. The molecule has 0 aliphatic carbocycles. The van der Waals surface area contributed by atoms with Gasteiger partial charge in [0.1, 0.15) is 5.75 Å². The molecule has 2 aliphatic heterocycles. The molecule has 34 heavy (non-hydrogen) atoms. The minimum atomic E-state index is -4.75. The third kappa shape index (κ3) is 4.81. The van der Waals surface area contributed by atoms with Crippen LogP contribution in [0.15, 0.2) is 36.4 Å². The molecule has 0 spiro atoms. The Kier molecular flexibility index (Phi) is 5.83. The number of alkyl halides is 3. The van der Waals surface area contributed by atoms with Crippen LogP contribution in [0.2, 0.25) is 0 Å². The number of amides is 1. The van der Waals surface area contributed by atoms with E-state index in [1.807, 2.05) is 23.0 Å². The molecular formula is C21H21F3N6O3S. The minimum absolute atomic E-state index is 0.200. The van der Waals surface area contributed by atoms with E-state index in [0.29, 0.717) is 47.2 Å². The van der Waals surface area contributed by atoms with Crippen molar-refractivity contribution in [2.24, 2.45) is 0 Å².